The first-order chi connectivity index (χ1) is 34.7. The van der Waals surface area contributed by atoms with Gasteiger partial charge in [0, 0.05) is 58.1 Å². The number of carbonyl (C=O) groups excluding carboxylic acids is 4. The molecule has 0 unspecified atom stereocenters. The number of amides is 4. The molecule has 77 heavy (non-hydrogen) atoms. The van der Waals surface area contributed by atoms with Crippen LogP contribution in [0.2, 0.25) is 0 Å². The number of hydrogen-bond donors (Lipinski definition) is 2. The summed E-state index contributed by atoms with van der Waals surface area (Å²) in [6.45, 7) is 29.4. The standard InChI is InChI=1S/C17H25NO6S.C10H18N4O3.C10H20N2O3.C10H19NO4.N3.Na.Pd/c1-13-5-7-15(8-6-13)25(20,21)23-12-14-11-18(9-10-22-14)16(19)24-17(2,3)4;1-10(2,3)17-9(15)14-4-5-16-8(7-14)6-12-13-11;1-10(2,3)15-9(13)12-4-5-14-8(6-11)7-12;1-10(2,3)15-9(13)11-4-5-14-8(6-11)7-12;1-3-2;;/h5-8,14H,9-12H2,1-4H3;8H,4-7H2,1-3H3;8H,4-7,11H2,1-3H3;8,12H,4-7H2,1-3H3;;;/q;;;;-1;+1;/t14-;3*8-;;;/m0110.../s1. The number of hydrogen-bond acceptors (Lipinski definition) is 18. The molecule has 4 saturated heterocycles. The molecule has 27 nitrogen and oxygen atoms in total. The Bertz CT molecular complexity index is 2070. The van der Waals surface area contributed by atoms with E-state index in [2.05, 4.69) is 10.0 Å². The molecule has 30 heteroatoms. The molecule has 4 fully saturated rings. The van der Waals surface area contributed by atoms with Crippen LogP contribution in [-0.2, 0) is 72.6 Å². The van der Waals surface area contributed by atoms with Crippen LogP contribution in [0.1, 0.15) is 88.6 Å². The fraction of sp³-hybridized carbons (Fsp3) is 0.787. The van der Waals surface area contributed by atoms with Gasteiger partial charge in [0.1, 0.15) is 28.5 Å². The topological polar surface area (TPSA) is 352 Å². The van der Waals surface area contributed by atoms with E-state index in [1.54, 1.807) is 47.6 Å². The summed E-state index contributed by atoms with van der Waals surface area (Å²) in [6.07, 6.45) is -2.55. The summed E-state index contributed by atoms with van der Waals surface area (Å²) in [4.78, 5) is 57.8. The number of nitrogens with two attached hydrogens (primary N) is 1. The zero-order chi connectivity index (χ0) is 57.2. The van der Waals surface area contributed by atoms with Gasteiger partial charge in [0.05, 0.1) is 95.6 Å². The van der Waals surface area contributed by atoms with Crippen LogP contribution in [0.4, 0.5) is 19.2 Å². The largest absolute Gasteiger partial charge is 1.00 e. The van der Waals surface area contributed by atoms with E-state index in [1.165, 1.54) is 21.9 Å². The Balaban J connectivity index is 0. The van der Waals surface area contributed by atoms with Crippen molar-refractivity contribution < 1.29 is 125 Å². The minimum absolute atomic E-state index is 0. The summed E-state index contributed by atoms with van der Waals surface area (Å²) in [5.74, 6) is 0. The number of benzene rings is 1. The van der Waals surface area contributed by atoms with E-state index in [1.807, 2.05) is 69.2 Å². The van der Waals surface area contributed by atoms with Gasteiger partial charge in [0.25, 0.3) is 10.1 Å². The molecule has 3 N–H and O–H groups in total. The fourth-order valence-corrected chi connectivity index (χ4v) is 7.31. The smallest absolute Gasteiger partial charge is 0.444 e. The molecule has 0 saturated carbocycles. The zero-order valence-corrected chi connectivity index (χ0v) is 51.6. The second-order valence-electron chi connectivity index (χ2n) is 21.1. The summed E-state index contributed by atoms with van der Waals surface area (Å²) in [5, 5.41) is 12.4. The summed E-state index contributed by atoms with van der Waals surface area (Å²) in [5.41, 5.74) is 26.1. The first kappa shape index (κ1) is 75.3. The van der Waals surface area contributed by atoms with Crippen molar-refractivity contribution in [2.75, 3.05) is 105 Å². The summed E-state index contributed by atoms with van der Waals surface area (Å²) in [7, 11) is -3.86. The van der Waals surface area contributed by atoms with E-state index >= 15 is 0 Å². The van der Waals surface area contributed by atoms with Crippen molar-refractivity contribution in [3.63, 3.8) is 0 Å². The van der Waals surface area contributed by atoms with Crippen LogP contribution >= 0.6 is 0 Å². The molecule has 438 valence electrons. The predicted molar refractivity (Wildman–Crippen MR) is 275 cm³/mol. The fourth-order valence-electron chi connectivity index (χ4n) is 6.38. The molecule has 0 spiro atoms. The van der Waals surface area contributed by atoms with Gasteiger partial charge in [-0.1, -0.05) is 22.8 Å². The predicted octanol–water partition coefficient (Wildman–Crippen LogP) is 3.33. The Morgan fingerprint density at radius 3 is 1.27 bits per heavy atom. The van der Waals surface area contributed by atoms with Gasteiger partial charge in [-0.3, -0.25) is 9.09 Å². The number of nitrogens with zero attached hydrogens (tertiary/aromatic N) is 10. The van der Waals surface area contributed by atoms with Crippen LogP contribution in [0.5, 0.6) is 0 Å². The molecule has 5 rings (SSSR count). The van der Waals surface area contributed by atoms with Crippen LogP contribution in [0.25, 0.3) is 26.4 Å². The molecule has 1 aromatic rings. The van der Waals surface area contributed by atoms with Crippen LogP contribution < -0.4 is 35.3 Å². The van der Waals surface area contributed by atoms with Crippen LogP contribution in [0.3, 0.4) is 0 Å². The molecule has 4 amide bonds. The van der Waals surface area contributed by atoms with Gasteiger partial charge in [-0.2, -0.15) is 8.42 Å². The average Bonchev–Trinajstić information content (AvgIpc) is 3.32. The Morgan fingerprint density at radius 2 is 0.935 bits per heavy atom. The molecule has 4 aliphatic heterocycles. The number of azide groups is 1. The average molecular weight is 1220 g/mol. The minimum atomic E-state index is -3.86. The molecule has 0 aromatic heterocycles. The third kappa shape index (κ3) is 34.1. The van der Waals surface area contributed by atoms with Crippen molar-refractivity contribution in [3.8, 4) is 0 Å². The van der Waals surface area contributed by atoms with Gasteiger partial charge < -0.3 is 79.4 Å². The summed E-state index contributed by atoms with van der Waals surface area (Å²) < 4.78 is 72.0. The quantitative estimate of drug-likeness (QED) is 0.0941. The number of morpholine rings is 4. The molecule has 4 heterocycles. The normalized spacial score (nSPS) is 19.6. The molecule has 4 atom stereocenters. The van der Waals surface area contributed by atoms with Crippen LogP contribution in [0.15, 0.2) is 34.3 Å². The summed E-state index contributed by atoms with van der Waals surface area (Å²) >= 11 is 0. The first-order valence-electron chi connectivity index (χ1n) is 24.4. The van der Waals surface area contributed by atoms with Crippen LogP contribution in [-0.4, -0.2) is 209 Å². The van der Waals surface area contributed by atoms with Gasteiger partial charge in [-0.25, -0.2) is 19.2 Å². The molecule has 1 aromatic carbocycles. The Morgan fingerprint density at radius 1 is 0.623 bits per heavy atom. The number of aliphatic hydroxyl groups is 1. The van der Waals surface area contributed by atoms with E-state index in [0.717, 1.165) is 5.56 Å². The second-order valence-corrected chi connectivity index (χ2v) is 22.8. The number of aliphatic hydroxyl groups excluding tert-OH is 1. The number of aryl methyl sites for hydroxylation is 1. The molecular weight excluding hydrogens is 1140 g/mol. The van der Waals surface area contributed by atoms with Gasteiger partial charge in [-0.15, -0.1) is 0 Å². The van der Waals surface area contributed by atoms with Crippen molar-refractivity contribution in [2.24, 2.45) is 10.8 Å². The van der Waals surface area contributed by atoms with Crippen molar-refractivity contribution in [2.45, 2.75) is 142 Å². The summed E-state index contributed by atoms with van der Waals surface area (Å²) in [6, 6.07) is 6.41. The first-order valence-corrected chi connectivity index (χ1v) is 25.8. The third-order valence-corrected chi connectivity index (χ3v) is 11.0. The monoisotopic (exact) mass is 1220 g/mol. The van der Waals surface area contributed by atoms with Crippen LogP contribution in [0, 0.1) is 6.92 Å². The number of carbonyl (C=O) groups is 4. The van der Waals surface area contributed by atoms with Gasteiger partial charge in [0.2, 0.25) is 0 Å². The third-order valence-electron chi connectivity index (χ3n) is 9.70. The number of ether oxygens (including phenoxy) is 8. The van der Waals surface area contributed by atoms with Crippen molar-refractivity contribution >= 4 is 34.5 Å². The Labute approximate surface area is 489 Å². The molecule has 4 aliphatic rings. The van der Waals surface area contributed by atoms with E-state index in [-0.39, 0.29) is 118 Å². The zero-order valence-electron chi connectivity index (χ0n) is 47.3. The second kappa shape index (κ2) is 36.5. The minimum Gasteiger partial charge on any atom is -0.444 e. The van der Waals surface area contributed by atoms with Crippen molar-refractivity contribution in [1.82, 2.24) is 19.6 Å². The van der Waals surface area contributed by atoms with E-state index < -0.39 is 44.7 Å². The Kier molecular flexibility index (Phi) is 35.7. The maximum atomic E-state index is 12.2. The van der Waals surface area contributed by atoms with Gasteiger partial charge >= 0.3 is 53.9 Å². The maximum Gasteiger partial charge on any atom is 1.00 e. The number of rotatable bonds is 8. The van der Waals surface area contributed by atoms with Gasteiger partial charge in [-0.05, 0) is 108 Å². The van der Waals surface area contributed by atoms with E-state index in [4.69, 9.17) is 69.5 Å². The van der Waals surface area contributed by atoms with E-state index in [9.17, 15) is 27.6 Å². The molecule has 0 aliphatic carbocycles. The maximum absolute atomic E-state index is 12.2. The Hall–Kier alpha value is -3.75. The molecule has 0 bridgehead atoms. The van der Waals surface area contributed by atoms with Gasteiger partial charge in [0.15, 0.2) is 0 Å². The molecular formula is C47H82N11NaO16PdS. The van der Waals surface area contributed by atoms with Crippen molar-refractivity contribution in [3.05, 3.63) is 56.2 Å². The van der Waals surface area contributed by atoms with Crippen molar-refractivity contribution in [1.29, 1.82) is 0 Å². The molecule has 0 radical (unpaired) electrons. The SMILES string of the molecule is CC(C)(C)OC(=O)N1CCO[C@H](CN)C1.CC(C)(C)OC(=O)N1CCO[C@H](CN=[N+]=[N-])C1.CC(C)(C)OC(=O)N1CCO[C@H](CO)C1.Cc1ccc(S(=O)(=O)OC[C@@H]2CN(C(=O)OC(C)(C)C)CCO2)cc1.[N-]=[N+]=[N-].[Na+].[Pd]. The van der Waals surface area contributed by atoms with E-state index in [0.29, 0.717) is 78.8 Å².